The summed E-state index contributed by atoms with van der Waals surface area (Å²) in [5, 5.41) is 2.49. The second-order valence-corrected chi connectivity index (χ2v) is 5.44. The maximum absolute atomic E-state index is 6.22. The van der Waals surface area contributed by atoms with E-state index in [9.17, 15) is 0 Å². The van der Waals surface area contributed by atoms with E-state index in [0.717, 1.165) is 22.3 Å². The lowest BCUT2D eigenvalue weighted by atomic mass is 9.96. The van der Waals surface area contributed by atoms with Crippen LogP contribution in [0.4, 0.5) is 5.69 Å². The standard InChI is InChI=1S/C19H16N2/c1-12-6-4-10-16(20)18(12)15-9-5-8-14-13-7-2-3-11-17(13)21-19(14)15/h2-11,21H,20H2,1H3. The molecule has 0 spiro atoms. The van der Waals surface area contributed by atoms with Crippen LogP contribution in [0.15, 0.2) is 60.7 Å². The van der Waals surface area contributed by atoms with E-state index in [-0.39, 0.29) is 0 Å². The number of nitrogens with one attached hydrogen (secondary N) is 1. The Morgan fingerprint density at radius 2 is 1.57 bits per heavy atom. The summed E-state index contributed by atoms with van der Waals surface area (Å²) >= 11 is 0. The number of H-pyrrole nitrogens is 1. The number of aromatic nitrogens is 1. The summed E-state index contributed by atoms with van der Waals surface area (Å²) in [6.07, 6.45) is 0. The first-order valence-electron chi connectivity index (χ1n) is 7.10. The number of fused-ring (bicyclic) bond motifs is 3. The Balaban J connectivity index is 2.15. The molecule has 1 aromatic heterocycles. The molecule has 0 fully saturated rings. The van der Waals surface area contributed by atoms with Crippen molar-refractivity contribution in [2.45, 2.75) is 6.92 Å². The first kappa shape index (κ1) is 12.0. The molecule has 0 aliphatic carbocycles. The van der Waals surface area contributed by atoms with Crippen LogP contribution in [0.1, 0.15) is 5.56 Å². The van der Waals surface area contributed by atoms with Gasteiger partial charge in [0.2, 0.25) is 0 Å². The topological polar surface area (TPSA) is 41.8 Å². The van der Waals surface area contributed by atoms with E-state index in [1.807, 2.05) is 12.1 Å². The van der Waals surface area contributed by atoms with Crippen molar-refractivity contribution in [3.8, 4) is 11.1 Å². The van der Waals surface area contributed by atoms with E-state index in [1.54, 1.807) is 0 Å². The Hall–Kier alpha value is -2.74. The van der Waals surface area contributed by atoms with Gasteiger partial charge in [0, 0.05) is 33.1 Å². The minimum Gasteiger partial charge on any atom is -0.398 e. The summed E-state index contributed by atoms with van der Waals surface area (Å²) in [7, 11) is 0. The molecule has 3 N–H and O–H groups in total. The molecule has 2 nitrogen and oxygen atoms in total. The van der Waals surface area contributed by atoms with Gasteiger partial charge in [0.15, 0.2) is 0 Å². The fourth-order valence-electron chi connectivity index (χ4n) is 3.14. The van der Waals surface area contributed by atoms with E-state index >= 15 is 0 Å². The third kappa shape index (κ3) is 1.73. The van der Waals surface area contributed by atoms with Gasteiger partial charge in [0.1, 0.15) is 0 Å². The molecule has 0 aliphatic heterocycles. The number of nitrogens with two attached hydrogens (primary N) is 1. The van der Waals surface area contributed by atoms with Crippen LogP contribution in [0.2, 0.25) is 0 Å². The highest BCUT2D eigenvalue weighted by Crippen LogP contribution is 2.36. The third-order valence-electron chi connectivity index (χ3n) is 4.12. The number of rotatable bonds is 1. The molecule has 0 unspecified atom stereocenters. The molecule has 4 rings (SSSR count). The summed E-state index contributed by atoms with van der Waals surface area (Å²) in [4.78, 5) is 3.54. The van der Waals surface area contributed by atoms with Crippen molar-refractivity contribution in [2.75, 3.05) is 5.73 Å². The number of hydrogen-bond acceptors (Lipinski definition) is 1. The second-order valence-electron chi connectivity index (χ2n) is 5.44. The molecule has 0 bridgehead atoms. The van der Waals surface area contributed by atoms with E-state index in [4.69, 9.17) is 5.73 Å². The van der Waals surface area contributed by atoms with Crippen LogP contribution in [-0.4, -0.2) is 4.98 Å². The quantitative estimate of drug-likeness (QED) is 0.476. The Kier molecular flexibility index (Phi) is 2.51. The zero-order chi connectivity index (χ0) is 14.4. The highest BCUT2D eigenvalue weighted by atomic mass is 14.7. The smallest absolute Gasteiger partial charge is 0.0545 e. The van der Waals surface area contributed by atoms with Gasteiger partial charge in [-0.25, -0.2) is 0 Å². The van der Waals surface area contributed by atoms with Gasteiger partial charge in [-0.3, -0.25) is 0 Å². The molecular weight excluding hydrogens is 256 g/mol. The Bertz CT molecular complexity index is 944. The van der Waals surface area contributed by atoms with Gasteiger partial charge < -0.3 is 10.7 Å². The summed E-state index contributed by atoms with van der Waals surface area (Å²) in [6.45, 7) is 2.10. The van der Waals surface area contributed by atoms with E-state index < -0.39 is 0 Å². The van der Waals surface area contributed by atoms with Crippen LogP contribution >= 0.6 is 0 Å². The first-order chi connectivity index (χ1) is 10.3. The van der Waals surface area contributed by atoms with Crippen molar-refractivity contribution in [1.82, 2.24) is 4.98 Å². The SMILES string of the molecule is Cc1cccc(N)c1-c1cccc2c1[nH]c1ccccc12. The Labute approximate surface area is 123 Å². The lowest BCUT2D eigenvalue weighted by Gasteiger charge is -2.10. The average Bonchev–Trinajstić information content (AvgIpc) is 2.87. The highest BCUT2D eigenvalue weighted by molar-refractivity contribution is 6.12. The summed E-state index contributed by atoms with van der Waals surface area (Å²) in [5.41, 5.74) is 12.8. The van der Waals surface area contributed by atoms with Gasteiger partial charge >= 0.3 is 0 Å². The average molecular weight is 272 g/mol. The number of hydrogen-bond donors (Lipinski definition) is 2. The third-order valence-corrected chi connectivity index (χ3v) is 4.12. The number of anilines is 1. The molecule has 2 heteroatoms. The van der Waals surface area contributed by atoms with Crippen molar-refractivity contribution >= 4 is 27.5 Å². The van der Waals surface area contributed by atoms with Gasteiger partial charge in [-0.1, -0.05) is 48.5 Å². The molecule has 3 aromatic carbocycles. The summed E-state index contributed by atoms with van der Waals surface area (Å²) in [6, 6.07) is 20.9. The fraction of sp³-hybridized carbons (Fsp3) is 0.0526. The van der Waals surface area contributed by atoms with Crippen molar-refractivity contribution in [1.29, 1.82) is 0 Å². The number of aryl methyl sites for hydroxylation is 1. The van der Waals surface area contributed by atoms with Gasteiger partial charge in [0.25, 0.3) is 0 Å². The fourth-order valence-corrected chi connectivity index (χ4v) is 3.14. The maximum Gasteiger partial charge on any atom is 0.0545 e. The largest absolute Gasteiger partial charge is 0.398 e. The van der Waals surface area contributed by atoms with Crippen molar-refractivity contribution in [3.05, 3.63) is 66.2 Å². The van der Waals surface area contributed by atoms with Gasteiger partial charge in [-0.2, -0.15) is 0 Å². The normalized spacial score (nSPS) is 11.3. The molecule has 0 saturated heterocycles. The molecule has 21 heavy (non-hydrogen) atoms. The predicted molar refractivity (Wildman–Crippen MR) is 90.4 cm³/mol. The molecule has 0 amide bonds. The lowest BCUT2D eigenvalue weighted by molar-refractivity contribution is 1.45. The number of para-hydroxylation sites is 2. The molecule has 0 radical (unpaired) electrons. The van der Waals surface area contributed by atoms with Crippen LogP contribution in [0.25, 0.3) is 32.9 Å². The number of benzene rings is 3. The van der Waals surface area contributed by atoms with Gasteiger partial charge in [-0.15, -0.1) is 0 Å². The molecule has 4 aromatic rings. The van der Waals surface area contributed by atoms with Gasteiger partial charge in [-0.05, 0) is 24.6 Å². The minimum absolute atomic E-state index is 0.821. The zero-order valence-corrected chi connectivity index (χ0v) is 11.9. The Morgan fingerprint density at radius 3 is 2.43 bits per heavy atom. The monoisotopic (exact) mass is 272 g/mol. The van der Waals surface area contributed by atoms with E-state index in [2.05, 4.69) is 60.4 Å². The molecule has 102 valence electrons. The van der Waals surface area contributed by atoms with Crippen LogP contribution in [0, 0.1) is 6.92 Å². The van der Waals surface area contributed by atoms with E-state index in [1.165, 1.54) is 21.9 Å². The van der Waals surface area contributed by atoms with Crippen LogP contribution in [0.3, 0.4) is 0 Å². The van der Waals surface area contributed by atoms with Crippen LogP contribution in [-0.2, 0) is 0 Å². The Morgan fingerprint density at radius 1 is 0.810 bits per heavy atom. The summed E-state index contributed by atoms with van der Waals surface area (Å²) < 4.78 is 0. The first-order valence-corrected chi connectivity index (χ1v) is 7.10. The minimum atomic E-state index is 0.821. The zero-order valence-electron chi connectivity index (χ0n) is 11.9. The van der Waals surface area contributed by atoms with Gasteiger partial charge in [0.05, 0.1) is 5.52 Å². The molecule has 1 heterocycles. The molecular formula is C19H16N2. The summed E-state index contributed by atoms with van der Waals surface area (Å²) in [5.74, 6) is 0. The van der Waals surface area contributed by atoms with Crippen molar-refractivity contribution in [3.63, 3.8) is 0 Å². The second kappa shape index (κ2) is 4.38. The highest BCUT2D eigenvalue weighted by Gasteiger charge is 2.12. The molecule has 0 saturated carbocycles. The van der Waals surface area contributed by atoms with Crippen molar-refractivity contribution < 1.29 is 0 Å². The van der Waals surface area contributed by atoms with Crippen molar-refractivity contribution in [2.24, 2.45) is 0 Å². The number of aromatic amines is 1. The predicted octanol–water partition coefficient (Wildman–Crippen LogP) is 4.88. The van der Waals surface area contributed by atoms with Crippen LogP contribution in [0.5, 0.6) is 0 Å². The molecule has 0 atom stereocenters. The van der Waals surface area contributed by atoms with E-state index in [0.29, 0.717) is 0 Å². The van der Waals surface area contributed by atoms with Crippen LogP contribution < -0.4 is 5.73 Å². The number of nitrogen functional groups attached to an aromatic ring is 1. The molecule has 0 aliphatic rings. The maximum atomic E-state index is 6.22. The lowest BCUT2D eigenvalue weighted by Crippen LogP contribution is -1.93.